The number of rotatable bonds is 10. The molecule has 0 bridgehead atoms. The van der Waals surface area contributed by atoms with E-state index in [1.54, 1.807) is 36.4 Å². The Hall–Kier alpha value is -3.93. The zero-order valence-electron chi connectivity index (χ0n) is 23.3. The number of allylic oxidation sites excluding steroid dienone is 4. The van der Waals surface area contributed by atoms with Crippen LogP contribution in [0.25, 0.3) is 0 Å². The number of nitrogens with zero attached hydrogens (tertiary/aromatic N) is 1. The van der Waals surface area contributed by atoms with E-state index in [-0.39, 0.29) is 24.1 Å². The molecule has 0 saturated carbocycles. The standard InChI is InChI=1S/C31H35F3N4O4/c1-21-20-23(7-6-22(21)8-13-28(39)37-27-5-3-2-4-26(27)35)29(42-19-16-38-14-17-41-18-15-38)30(40)36-25-11-9-24(10-12-25)31(32,33)34/h2-13,21,29H,14-20,35H2,1H3,(H,36,40)(H,37,39)/b13-8+. The van der Waals surface area contributed by atoms with E-state index >= 15 is 0 Å². The van der Waals surface area contributed by atoms with Gasteiger partial charge in [0, 0.05) is 31.4 Å². The van der Waals surface area contributed by atoms with E-state index in [4.69, 9.17) is 15.2 Å². The molecule has 2 amide bonds. The van der Waals surface area contributed by atoms with Crippen LogP contribution in [0.4, 0.5) is 30.2 Å². The van der Waals surface area contributed by atoms with Crippen molar-refractivity contribution in [1.29, 1.82) is 0 Å². The first-order valence-electron chi connectivity index (χ1n) is 13.7. The first-order chi connectivity index (χ1) is 20.1. The number of ether oxygens (including phenoxy) is 2. The van der Waals surface area contributed by atoms with Crippen molar-refractivity contribution in [2.24, 2.45) is 5.92 Å². The van der Waals surface area contributed by atoms with Crippen molar-refractivity contribution in [2.45, 2.75) is 25.6 Å². The van der Waals surface area contributed by atoms with Crippen LogP contribution < -0.4 is 16.4 Å². The molecule has 1 fully saturated rings. The number of nitrogens with two attached hydrogens (primary N) is 1. The number of halogens is 3. The third-order valence-corrected chi connectivity index (χ3v) is 7.10. The molecule has 2 aromatic rings. The van der Waals surface area contributed by atoms with Gasteiger partial charge in [0.2, 0.25) is 5.91 Å². The Morgan fingerprint density at radius 1 is 1.10 bits per heavy atom. The minimum absolute atomic E-state index is 0.0277. The summed E-state index contributed by atoms with van der Waals surface area (Å²) in [5.74, 6) is -0.821. The summed E-state index contributed by atoms with van der Waals surface area (Å²) in [6.07, 6.45) is 1.88. The lowest BCUT2D eigenvalue weighted by Crippen LogP contribution is -2.40. The summed E-state index contributed by atoms with van der Waals surface area (Å²) in [5.41, 5.74) is 7.94. The number of hydrogen-bond donors (Lipinski definition) is 3. The van der Waals surface area contributed by atoms with Crippen LogP contribution in [0.2, 0.25) is 0 Å². The number of anilines is 3. The Labute approximate surface area is 243 Å². The average molecular weight is 585 g/mol. The maximum absolute atomic E-state index is 13.3. The van der Waals surface area contributed by atoms with Crippen molar-refractivity contribution in [3.05, 3.63) is 89.5 Å². The maximum Gasteiger partial charge on any atom is 0.416 e. The smallest absolute Gasteiger partial charge is 0.397 e. The second-order valence-corrected chi connectivity index (χ2v) is 10.2. The summed E-state index contributed by atoms with van der Waals surface area (Å²) in [7, 11) is 0. The number of amides is 2. The molecule has 8 nitrogen and oxygen atoms in total. The number of hydrogen-bond acceptors (Lipinski definition) is 6. The molecule has 2 aromatic carbocycles. The predicted molar refractivity (Wildman–Crippen MR) is 156 cm³/mol. The molecule has 2 aliphatic rings. The fourth-order valence-corrected chi connectivity index (χ4v) is 4.70. The van der Waals surface area contributed by atoms with Gasteiger partial charge >= 0.3 is 6.18 Å². The number of carbonyl (C=O) groups is 2. The number of morpholine rings is 1. The van der Waals surface area contributed by atoms with Crippen LogP contribution >= 0.6 is 0 Å². The lowest BCUT2D eigenvalue weighted by atomic mass is 9.85. The van der Waals surface area contributed by atoms with E-state index in [2.05, 4.69) is 15.5 Å². The van der Waals surface area contributed by atoms with Gasteiger partial charge in [-0.2, -0.15) is 13.2 Å². The topological polar surface area (TPSA) is 106 Å². The van der Waals surface area contributed by atoms with Crippen LogP contribution in [0.3, 0.4) is 0 Å². The van der Waals surface area contributed by atoms with Gasteiger partial charge in [0.15, 0.2) is 6.10 Å². The molecule has 4 N–H and O–H groups in total. The number of benzene rings is 2. The van der Waals surface area contributed by atoms with Gasteiger partial charge in [-0.3, -0.25) is 14.5 Å². The quantitative estimate of drug-likeness (QED) is 0.267. The third-order valence-electron chi connectivity index (χ3n) is 7.10. The van der Waals surface area contributed by atoms with E-state index in [0.29, 0.717) is 37.6 Å². The minimum Gasteiger partial charge on any atom is -0.397 e. The molecule has 1 saturated heterocycles. The van der Waals surface area contributed by atoms with Gasteiger partial charge in [0.1, 0.15) is 0 Å². The Morgan fingerprint density at radius 2 is 1.81 bits per heavy atom. The Balaban J connectivity index is 1.45. The zero-order chi connectivity index (χ0) is 30.1. The van der Waals surface area contributed by atoms with Gasteiger partial charge in [-0.25, -0.2) is 0 Å². The molecule has 2 atom stereocenters. The molecule has 11 heteroatoms. The lowest BCUT2D eigenvalue weighted by Gasteiger charge is -2.29. The Morgan fingerprint density at radius 3 is 2.48 bits per heavy atom. The normalized spacial score (nSPS) is 18.7. The van der Waals surface area contributed by atoms with Gasteiger partial charge in [-0.05, 0) is 59.9 Å². The summed E-state index contributed by atoms with van der Waals surface area (Å²) in [6, 6.07) is 11.3. The molecule has 4 rings (SSSR count). The van der Waals surface area contributed by atoms with E-state index in [1.807, 2.05) is 13.0 Å². The number of alkyl halides is 3. The van der Waals surface area contributed by atoms with Gasteiger partial charge in [0.05, 0.1) is 36.8 Å². The van der Waals surface area contributed by atoms with Crippen LogP contribution in [0.1, 0.15) is 18.9 Å². The fraction of sp³-hybridized carbons (Fsp3) is 0.355. The average Bonchev–Trinajstić information content (AvgIpc) is 2.96. The molecule has 1 heterocycles. The minimum atomic E-state index is -4.47. The van der Waals surface area contributed by atoms with E-state index in [9.17, 15) is 22.8 Å². The summed E-state index contributed by atoms with van der Waals surface area (Å²) in [4.78, 5) is 28.0. The van der Waals surface area contributed by atoms with Gasteiger partial charge in [-0.1, -0.05) is 37.3 Å². The monoisotopic (exact) mass is 584 g/mol. The molecule has 224 valence electrons. The van der Waals surface area contributed by atoms with Crippen LogP contribution in [0.5, 0.6) is 0 Å². The summed E-state index contributed by atoms with van der Waals surface area (Å²) in [5, 5.41) is 5.45. The summed E-state index contributed by atoms with van der Waals surface area (Å²) in [6.45, 7) is 5.70. The first-order valence-corrected chi connectivity index (χ1v) is 13.7. The second-order valence-electron chi connectivity index (χ2n) is 10.2. The van der Waals surface area contributed by atoms with Crippen molar-refractivity contribution in [3.63, 3.8) is 0 Å². The van der Waals surface area contributed by atoms with Crippen molar-refractivity contribution < 1.29 is 32.2 Å². The van der Waals surface area contributed by atoms with Gasteiger partial charge in [0.25, 0.3) is 5.91 Å². The van der Waals surface area contributed by atoms with Crippen LogP contribution in [-0.4, -0.2) is 62.3 Å². The molecule has 42 heavy (non-hydrogen) atoms. The molecule has 0 aromatic heterocycles. The Bertz CT molecular complexity index is 1330. The number of para-hydroxylation sites is 2. The molecule has 2 unspecified atom stereocenters. The first kappa shape index (κ1) is 31.0. The van der Waals surface area contributed by atoms with Crippen LogP contribution in [0.15, 0.2) is 84.0 Å². The largest absolute Gasteiger partial charge is 0.416 e. The van der Waals surface area contributed by atoms with E-state index < -0.39 is 23.8 Å². The molecular formula is C31H35F3N4O4. The number of nitrogens with one attached hydrogen (secondary N) is 2. The predicted octanol–water partition coefficient (Wildman–Crippen LogP) is 5.03. The highest BCUT2D eigenvalue weighted by atomic mass is 19.4. The van der Waals surface area contributed by atoms with E-state index in [1.165, 1.54) is 18.2 Å². The lowest BCUT2D eigenvalue weighted by molar-refractivity contribution is -0.137. The molecule has 0 spiro atoms. The maximum atomic E-state index is 13.3. The highest BCUT2D eigenvalue weighted by Crippen LogP contribution is 2.31. The second kappa shape index (κ2) is 14.3. The van der Waals surface area contributed by atoms with Gasteiger partial charge < -0.3 is 25.8 Å². The van der Waals surface area contributed by atoms with Crippen molar-refractivity contribution >= 4 is 28.9 Å². The summed E-state index contributed by atoms with van der Waals surface area (Å²) >= 11 is 0. The van der Waals surface area contributed by atoms with Crippen molar-refractivity contribution in [2.75, 3.05) is 55.8 Å². The van der Waals surface area contributed by atoms with Gasteiger partial charge in [-0.15, -0.1) is 0 Å². The van der Waals surface area contributed by atoms with Crippen LogP contribution in [-0.2, 0) is 25.2 Å². The molecule has 1 aliphatic carbocycles. The van der Waals surface area contributed by atoms with Crippen LogP contribution in [0, 0.1) is 5.92 Å². The van der Waals surface area contributed by atoms with E-state index in [0.717, 1.165) is 36.4 Å². The number of nitrogen functional groups attached to an aromatic ring is 1. The highest BCUT2D eigenvalue weighted by Gasteiger charge is 2.31. The van der Waals surface area contributed by atoms with Crippen molar-refractivity contribution in [3.8, 4) is 0 Å². The molecule has 0 radical (unpaired) electrons. The number of carbonyl (C=O) groups excluding carboxylic acids is 2. The highest BCUT2D eigenvalue weighted by molar-refractivity contribution is 6.01. The zero-order valence-corrected chi connectivity index (χ0v) is 23.3. The Kier molecular flexibility index (Phi) is 10.6. The fourth-order valence-electron chi connectivity index (χ4n) is 4.70. The molecular weight excluding hydrogens is 549 g/mol. The van der Waals surface area contributed by atoms with Crippen molar-refractivity contribution in [1.82, 2.24) is 4.90 Å². The SMILES string of the molecule is CC1CC(C(OCCN2CCOCC2)C(=O)Nc2ccc(C(F)(F)F)cc2)=CC=C1/C=C/C(=O)Nc1ccccc1N. The summed E-state index contributed by atoms with van der Waals surface area (Å²) < 4.78 is 50.4. The third kappa shape index (κ3) is 8.78. The molecule has 1 aliphatic heterocycles.